The molecule has 164 valence electrons. The molecule has 2 aliphatic heterocycles. The molecule has 0 aliphatic carbocycles. The summed E-state index contributed by atoms with van der Waals surface area (Å²) in [6.45, 7) is 0. The third-order valence-electron chi connectivity index (χ3n) is 5.72. The van der Waals surface area contributed by atoms with Gasteiger partial charge in [0.25, 0.3) is 0 Å². The van der Waals surface area contributed by atoms with Crippen LogP contribution in [0, 0.1) is 0 Å². The highest BCUT2D eigenvalue weighted by atomic mass is 79.9. The van der Waals surface area contributed by atoms with E-state index in [0.29, 0.717) is 28.5 Å². The van der Waals surface area contributed by atoms with Gasteiger partial charge in [-0.25, -0.2) is 5.01 Å². The number of ether oxygens (including phenoxy) is 3. The Morgan fingerprint density at radius 2 is 1.84 bits per heavy atom. The van der Waals surface area contributed by atoms with Crippen LogP contribution in [-0.4, -0.2) is 30.0 Å². The van der Waals surface area contributed by atoms with Crippen molar-refractivity contribution in [3.8, 4) is 23.0 Å². The van der Waals surface area contributed by atoms with Gasteiger partial charge in [-0.05, 0) is 54.6 Å². The second kappa shape index (κ2) is 8.22. The third-order valence-corrected chi connectivity index (χ3v) is 6.45. The fourth-order valence-corrected chi connectivity index (χ4v) is 4.74. The molecule has 0 radical (unpaired) electrons. The van der Waals surface area contributed by atoms with Crippen LogP contribution >= 0.6 is 27.5 Å². The summed E-state index contributed by atoms with van der Waals surface area (Å²) in [6, 6.07) is 16.5. The largest absolute Gasteiger partial charge is 0.507 e. The van der Waals surface area contributed by atoms with Gasteiger partial charge in [-0.3, -0.25) is 0 Å². The zero-order valence-corrected chi connectivity index (χ0v) is 19.7. The molecule has 2 unspecified atom stereocenters. The molecule has 0 amide bonds. The van der Waals surface area contributed by atoms with E-state index in [9.17, 15) is 5.11 Å². The number of hydrogen-bond donors (Lipinski definition) is 1. The van der Waals surface area contributed by atoms with E-state index >= 15 is 0 Å². The minimum Gasteiger partial charge on any atom is -0.507 e. The van der Waals surface area contributed by atoms with Crippen LogP contribution in [0.3, 0.4) is 0 Å². The van der Waals surface area contributed by atoms with Gasteiger partial charge in [0, 0.05) is 27.0 Å². The molecule has 5 rings (SSSR count). The molecule has 2 aliphatic rings. The first-order valence-corrected chi connectivity index (χ1v) is 11.2. The number of fused-ring (bicyclic) bond motifs is 3. The summed E-state index contributed by atoms with van der Waals surface area (Å²) in [5.74, 6) is 2.16. The number of nitrogens with zero attached hydrogens (tertiary/aromatic N) is 2. The summed E-state index contributed by atoms with van der Waals surface area (Å²) in [6.07, 6.45) is 0.0566. The highest BCUT2D eigenvalue weighted by molar-refractivity contribution is 9.10. The van der Waals surface area contributed by atoms with Gasteiger partial charge in [0.15, 0.2) is 11.5 Å². The lowest BCUT2D eigenvalue weighted by atomic mass is 9.95. The maximum Gasteiger partial charge on any atom is 0.217 e. The Morgan fingerprint density at radius 3 is 2.62 bits per heavy atom. The molecule has 0 spiro atoms. The van der Waals surface area contributed by atoms with Gasteiger partial charge in [-0.1, -0.05) is 27.5 Å². The molecular weight excluding hydrogens is 496 g/mol. The van der Waals surface area contributed by atoms with Gasteiger partial charge in [-0.15, -0.1) is 0 Å². The number of hydrazone groups is 1. The summed E-state index contributed by atoms with van der Waals surface area (Å²) >= 11 is 9.80. The Hall–Kier alpha value is -2.90. The minimum absolute atomic E-state index is 0.0936. The van der Waals surface area contributed by atoms with Gasteiger partial charge >= 0.3 is 0 Å². The normalized spacial score (nSPS) is 19.0. The first-order valence-electron chi connectivity index (χ1n) is 10.0. The van der Waals surface area contributed by atoms with Crippen LogP contribution in [0.2, 0.25) is 5.02 Å². The average Bonchev–Trinajstić information content (AvgIpc) is 3.25. The van der Waals surface area contributed by atoms with Gasteiger partial charge < -0.3 is 19.3 Å². The van der Waals surface area contributed by atoms with Crippen LogP contribution in [-0.2, 0) is 0 Å². The fraction of sp³-hybridized carbons (Fsp3) is 0.208. The molecule has 0 bridgehead atoms. The summed E-state index contributed by atoms with van der Waals surface area (Å²) in [4.78, 5) is 0. The SMILES string of the molecule is COc1ccc(C2=NN3C(C2)c2cc(Cl)ccc2OC3c2cc(Br)ccc2O)cc1OC. The quantitative estimate of drug-likeness (QED) is 0.457. The van der Waals surface area contributed by atoms with Crippen LogP contribution in [0.5, 0.6) is 23.0 Å². The van der Waals surface area contributed by atoms with Crippen molar-refractivity contribution in [2.24, 2.45) is 5.10 Å². The monoisotopic (exact) mass is 514 g/mol. The van der Waals surface area contributed by atoms with Gasteiger partial charge in [0.2, 0.25) is 6.23 Å². The number of methoxy groups -OCH3 is 2. The number of phenolic OH excluding ortho intramolecular Hbond substituents is 1. The maximum atomic E-state index is 10.6. The molecule has 0 saturated carbocycles. The summed E-state index contributed by atoms with van der Waals surface area (Å²) in [5.41, 5.74) is 3.40. The number of hydrogen-bond acceptors (Lipinski definition) is 6. The predicted molar refractivity (Wildman–Crippen MR) is 126 cm³/mol. The number of benzene rings is 3. The Balaban J connectivity index is 1.61. The molecular formula is C24H20BrClN2O4. The van der Waals surface area contributed by atoms with Gasteiger partial charge in [-0.2, -0.15) is 5.10 Å². The molecule has 0 fully saturated rings. The number of aromatic hydroxyl groups is 1. The standard InChI is InChI=1S/C24H20BrClN2O4/c1-30-22-7-3-13(9-23(22)31-2)18-12-19-16-11-15(26)5-8-21(16)32-24(28(19)27-18)17-10-14(25)4-6-20(17)29/h3-11,19,24,29H,12H2,1-2H3. The van der Waals surface area contributed by atoms with Crippen LogP contribution in [0.4, 0.5) is 0 Å². The molecule has 3 aromatic carbocycles. The molecule has 1 N–H and O–H groups in total. The molecule has 3 aromatic rings. The number of halogens is 2. The molecule has 2 atom stereocenters. The average molecular weight is 516 g/mol. The van der Waals surface area contributed by atoms with Crippen molar-refractivity contribution >= 4 is 33.2 Å². The molecule has 6 nitrogen and oxygen atoms in total. The first-order chi connectivity index (χ1) is 15.5. The molecule has 0 saturated heterocycles. The van der Waals surface area contributed by atoms with E-state index in [0.717, 1.165) is 27.1 Å². The molecule has 2 heterocycles. The van der Waals surface area contributed by atoms with Crippen LogP contribution in [0.1, 0.15) is 35.4 Å². The summed E-state index contributed by atoms with van der Waals surface area (Å²) < 4.78 is 18.0. The van der Waals surface area contributed by atoms with Crippen molar-refractivity contribution < 1.29 is 19.3 Å². The molecule has 8 heteroatoms. The van der Waals surface area contributed by atoms with Crippen LogP contribution in [0.25, 0.3) is 0 Å². The molecule has 32 heavy (non-hydrogen) atoms. The fourth-order valence-electron chi connectivity index (χ4n) is 4.18. The number of phenols is 1. The van der Waals surface area contributed by atoms with E-state index in [1.807, 2.05) is 41.4 Å². The highest BCUT2D eigenvalue weighted by Gasteiger charge is 2.42. The zero-order valence-electron chi connectivity index (χ0n) is 17.4. The lowest BCUT2D eigenvalue weighted by molar-refractivity contribution is -0.0203. The Bertz CT molecular complexity index is 1230. The second-order valence-electron chi connectivity index (χ2n) is 7.57. The van der Waals surface area contributed by atoms with E-state index in [2.05, 4.69) is 15.9 Å². The Labute approximate surface area is 199 Å². The highest BCUT2D eigenvalue weighted by Crippen LogP contribution is 2.49. The first kappa shape index (κ1) is 21.0. The zero-order chi connectivity index (χ0) is 22.4. The van der Waals surface area contributed by atoms with Gasteiger partial charge in [0.05, 0.1) is 31.5 Å². The topological polar surface area (TPSA) is 63.5 Å². The van der Waals surface area contributed by atoms with Crippen molar-refractivity contribution in [1.29, 1.82) is 0 Å². The van der Waals surface area contributed by atoms with Crippen molar-refractivity contribution in [1.82, 2.24) is 5.01 Å². The number of rotatable bonds is 4. The van der Waals surface area contributed by atoms with Crippen molar-refractivity contribution in [3.05, 3.63) is 80.8 Å². The van der Waals surface area contributed by atoms with E-state index in [1.165, 1.54) is 0 Å². The predicted octanol–water partition coefficient (Wildman–Crippen LogP) is 6.07. The maximum absolute atomic E-state index is 10.6. The summed E-state index contributed by atoms with van der Waals surface area (Å²) in [5, 5.41) is 18.0. The Kier molecular flexibility index (Phi) is 5.39. The second-order valence-corrected chi connectivity index (χ2v) is 8.92. The van der Waals surface area contributed by atoms with Crippen molar-refractivity contribution in [3.63, 3.8) is 0 Å². The summed E-state index contributed by atoms with van der Waals surface area (Å²) in [7, 11) is 3.22. The van der Waals surface area contributed by atoms with Gasteiger partial charge in [0.1, 0.15) is 11.5 Å². The van der Waals surface area contributed by atoms with Crippen molar-refractivity contribution in [2.75, 3.05) is 14.2 Å². The van der Waals surface area contributed by atoms with E-state index in [4.69, 9.17) is 30.9 Å². The minimum atomic E-state index is -0.594. The third kappa shape index (κ3) is 3.55. The lowest BCUT2D eigenvalue weighted by Gasteiger charge is -2.38. The van der Waals surface area contributed by atoms with Crippen LogP contribution in [0.15, 0.2) is 64.2 Å². The smallest absolute Gasteiger partial charge is 0.217 e. The van der Waals surface area contributed by atoms with E-state index in [-0.39, 0.29) is 11.8 Å². The van der Waals surface area contributed by atoms with E-state index < -0.39 is 6.23 Å². The Morgan fingerprint density at radius 1 is 1.03 bits per heavy atom. The lowest BCUT2D eigenvalue weighted by Crippen LogP contribution is -2.33. The van der Waals surface area contributed by atoms with Crippen molar-refractivity contribution in [2.45, 2.75) is 18.7 Å². The molecule has 0 aromatic heterocycles. The van der Waals surface area contributed by atoms with Crippen LogP contribution < -0.4 is 14.2 Å². The van der Waals surface area contributed by atoms with E-state index in [1.54, 1.807) is 32.4 Å².